The van der Waals surface area contributed by atoms with Crippen LogP contribution < -0.4 is 10.1 Å². The summed E-state index contributed by atoms with van der Waals surface area (Å²) in [5, 5.41) is 3.16. The maximum Gasteiger partial charge on any atom is 0.387 e. The molecule has 17 heavy (non-hydrogen) atoms. The standard InChI is InChI=1S/C13H19F2NO/c1-4-9(2)12(16-3)10-7-5-6-8-11(10)17-13(14)15/h5-9,12-13,16H,4H2,1-3H3. The van der Waals surface area contributed by atoms with Crippen molar-refractivity contribution in [2.75, 3.05) is 7.05 Å². The Balaban J connectivity index is 3.01. The summed E-state index contributed by atoms with van der Waals surface area (Å²) in [5.74, 6) is 0.601. The van der Waals surface area contributed by atoms with Crippen molar-refractivity contribution >= 4 is 0 Å². The zero-order chi connectivity index (χ0) is 12.8. The fraction of sp³-hybridized carbons (Fsp3) is 0.538. The van der Waals surface area contributed by atoms with Crippen molar-refractivity contribution in [2.45, 2.75) is 32.9 Å². The van der Waals surface area contributed by atoms with Crippen molar-refractivity contribution in [1.82, 2.24) is 5.32 Å². The minimum atomic E-state index is -2.79. The normalized spacial score (nSPS) is 14.7. The first-order chi connectivity index (χ1) is 8.10. The average Bonchev–Trinajstić information content (AvgIpc) is 2.31. The molecule has 1 rings (SSSR count). The molecule has 0 spiro atoms. The van der Waals surface area contributed by atoms with E-state index in [0.717, 1.165) is 12.0 Å². The van der Waals surface area contributed by atoms with Gasteiger partial charge in [-0.05, 0) is 19.0 Å². The summed E-state index contributed by atoms with van der Waals surface area (Å²) in [6.45, 7) is 1.37. The molecule has 0 aliphatic heterocycles. The molecule has 0 saturated heterocycles. The summed E-state index contributed by atoms with van der Waals surface area (Å²) in [6, 6.07) is 6.96. The highest BCUT2D eigenvalue weighted by molar-refractivity contribution is 5.36. The number of nitrogens with one attached hydrogen (secondary N) is 1. The van der Waals surface area contributed by atoms with Crippen molar-refractivity contribution in [3.63, 3.8) is 0 Å². The molecule has 4 heteroatoms. The van der Waals surface area contributed by atoms with Crippen LogP contribution in [0.25, 0.3) is 0 Å². The molecule has 2 unspecified atom stereocenters. The van der Waals surface area contributed by atoms with Gasteiger partial charge in [-0.15, -0.1) is 0 Å². The number of benzene rings is 1. The van der Waals surface area contributed by atoms with Gasteiger partial charge in [0.1, 0.15) is 5.75 Å². The van der Waals surface area contributed by atoms with Crippen LogP contribution in [0.3, 0.4) is 0 Å². The predicted molar refractivity (Wildman–Crippen MR) is 64.3 cm³/mol. The van der Waals surface area contributed by atoms with E-state index in [0.29, 0.717) is 5.92 Å². The van der Waals surface area contributed by atoms with Gasteiger partial charge in [-0.3, -0.25) is 0 Å². The van der Waals surface area contributed by atoms with Crippen LogP contribution in [0.4, 0.5) is 8.78 Å². The Morgan fingerprint density at radius 2 is 1.94 bits per heavy atom. The third-order valence-corrected chi connectivity index (χ3v) is 2.99. The van der Waals surface area contributed by atoms with Crippen LogP contribution in [-0.2, 0) is 0 Å². The molecule has 0 aromatic heterocycles. The Labute approximate surface area is 101 Å². The molecule has 2 nitrogen and oxygen atoms in total. The molecule has 0 bridgehead atoms. The fourth-order valence-corrected chi connectivity index (χ4v) is 1.92. The molecule has 96 valence electrons. The number of halogens is 2. The van der Waals surface area contributed by atoms with Gasteiger partial charge in [0.15, 0.2) is 0 Å². The maximum absolute atomic E-state index is 12.3. The van der Waals surface area contributed by atoms with Gasteiger partial charge in [0, 0.05) is 11.6 Å². The summed E-state index contributed by atoms with van der Waals surface area (Å²) in [4.78, 5) is 0. The zero-order valence-electron chi connectivity index (χ0n) is 10.4. The van der Waals surface area contributed by atoms with Crippen molar-refractivity contribution in [2.24, 2.45) is 5.92 Å². The van der Waals surface area contributed by atoms with E-state index in [1.165, 1.54) is 0 Å². The summed E-state index contributed by atoms with van der Waals surface area (Å²) in [6.07, 6.45) is 0.967. The minimum Gasteiger partial charge on any atom is -0.434 e. The Bertz CT molecular complexity index is 344. The SMILES string of the molecule is CCC(C)C(NC)c1ccccc1OC(F)F. The van der Waals surface area contributed by atoms with Crippen molar-refractivity contribution in [3.05, 3.63) is 29.8 Å². The van der Waals surface area contributed by atoms with E-state index < -0.39 is 6.61 Å². The van der Waals surface area contributed by atoms with E-state index in [1.54, 1.807) is 12.1 Å². The van der Waals surface area contributed by atoms with E-state index >= 15 is 0 Å². The van der Waals surface area contributed by atoms with Gasteiger partial charge in [-0.25, -0.2) is 0 Å². The van der Waals surface area contributed by atoms with Crippen LogP contribution in [0.2, 0.25) is 0 Å². The lowest BCUT2D eigenvalue weighted by Gasteiger charge is -2.25. The molecule has 1 N–H and O–H groups in total. The molecule has 1 aromatic carbocycles. The summed E-state index contributed by atoms with van der Waals surface area (Å²) in [7, 11) is 1.83. The lowest BCUT2D eigenvalue weighted by molar-refractivity contribution is -0.0508. The van der Waals surface area contributed by atoms with Gasteiger partial charge in [0.2, 0.25) is 0 Å². The second-order valence-electron chi connectivity index (χ2n) is 4.07. The lowest BCUT2D eigenvalue weighted by atomic mass is 9.92. The number of ether oxygens (including phenoxy) is 1. The van der Waals surface area contributed by atoms with Crippen LogP contribution in [0.1, 0.15) is 31.9 Å². The molecule has 0 amide bonds. The molecule has 0 aliphatic rings. The molecule has 0 heterocycles. The highest BCUT2D eigenvalue weighted by Crippen LogP contribution is 2.31. The average molecular weight is 243 g/mol. The second kappa shape index (κ2) is 6.55. The van der Waals surface area contributed by atoms with E-state index in [4.69, 9.17) is 0 Å². The first-order valence-corrected chi connectivity index (χ1v) is 5.81. The van der Waals surface area contributed by atoms with Crippen LogP contribution in [0.15, 0.2) is 24.3 Å². The van der Waals surface area contributed by atoms with Crippen molar-refractivity contribution in [1.29, 1.82) is 0 Å². The second-order valence-corrected chi connectivity index (χ2v) is 4.07. The Kier molecular flexibility index (Phi) is 5.35. The van der Waals surface area contributed by atoms with Gasteiger partial charge in [0.25, 0.3) is 0 Å². The maximum atomic E-state index is 12.3. The third kappa shape index (κ3) is 3.66. The van der Waals surface area contributed by atoms with Crippen molar-refractivity contribution < 1.29 is 13.5 Å². The highest BCUT2D eigenvalue weighted by Gasteiger charge is 2.20. The van der Waals surface area contributed by atoms with Gasteiger partial charge in [0.05, 0.1) is 0 Å². The van der Waals surface area contributed by atoms with E-state index in [1.807, 2.05) is 19.2 Å². The fourth-order valence-electron chi connectivity index (χ4n) is 1.92. The summed E-state index contributed by atoms with van der Waals surface area (Å²) in [5.41, 5.74) is 0.782. The van der Waals surface area contributed by atoms with Crippen molar-refractivity contribution in [3.8, 4) is 5.75 Å². The lowest BCUT2D eigenvalue weighted by Crippen LogP contribution is -2.24. The topological polar surface area (TPSA) is 21.3 Å². The van der Waals surface area contributed by atoms with Gasteiger partial charge >= 0.3 is 6.61 Å². The molecular formula is C13H19F2NO. The van der Waals surface area contributed by atoms with Crippen LogP contribution in [0.5, 0.6) is 5.75 Å². The third-order valence-electron chi connectivity index (χ3n) is 2.99. The van der Waals surface area contributed by atoms with Crippen LogP contribution in [0, 0.1) is 5.92 Å². The molecule has 0 saturated carbocycles. The highest BCUT2D eigenvalue weighted by atomic mass is 19.3. The van der Waals surface area contributed by atoms with E-state index in [2.05, 4.69) is 23.9 Å². The summed E-state index contributed by atoms with van der Waals surface area (Å²) >= 11 is 0. The quantitative estimate of drug-likeness (QED) is 0.824. The zero-order valence-corrected chi connectivity index (χ0v) is 10.4. The molecule has 0 radical (unpaired) electrons. The minimum absolute atomic E-state index is 0.0231. The number of rotatable bonds is 6. The largest absolute Gasteiger partial charge is 0.434 e. The number of para-hydroxylation sites is 1. The van der Waals surface area contributed by atoms with Gasteiger partial charge < -0.3 is 10.1 Å². The summed E-state index contributed by atoms with van der Waals surface area (Å²) < 4.78 is 29.2. The monoisotopic (exact) mass is 243 g/mol. The van der Waals surface area contributed by atoms with E-state index in [-0.39, 0.29) is 11.8 Å². The molecule has 1 aromatic rings. The van der Waals surface area contributed by atoms with E-state index in [9.17, 15) is 8.78 Å². The predicted octanol–water partition coefficient (Wildman–Crippen LogP) is 3.59. The number of hydrogen-bond donors (Lipinski definition) is 1. The van der Waals surface area contributed by atoms with Gasteiger partial charge in [-0.1, -0.05) is 38.5 Å². The Hall–Kier alpha value is -1.16. The Morgan fingerprint density at radius 1 is 1.29 bits per heavy atom. The first kappa shape index (κ1) is 13.9. The smallest absolute Gasteiger partial charge is 0.387 e. The number of alkyl halides is 2. The molecule has 2 atom stereocenters. The number of hydrogen-bond acceptors (Lipinski definition) is 2. The Morgan fingerprint density at radius 3 is 2.47 bits per heavy atom. The molecular weight excluding hydrogens is 224 g/mol. The van der Waals surface area contributed by atoms with Crippen LogP contribution in [-0.4, -0.2) is 13.7 Å². The first-order valence-electron chi connectivity index (χ1n) is 5.81. The van der Waals surface area contributed by atoms with Gasteiger partial charge in [-0.2, -0.15) is 8.78 Å². The molecule has 0 fully saturated rings. The molecule has 0 aliphatic carbocycles. The van der Waals surface area contributed by atoms with Crippen LogP contribution >= 0.6 is 0 Å².